The Morgan fingerprint density at radius 2 is 1.83 bits per heavy atom. The van der Waals surface area contributed by atoms with E-state index in [1.807, 2.05) is 24.3 Å². The average Bonchev–Trinajstić information content (AvgIpc) is 2.72. The van der Waals surface area contributed by atoms with Crippen LogP contribution in [0.25, 0.3) is 22.1 Å². The van der Waals surface area contributed by atoms with Gasteiger partial charge < -0.3 is 19.2 Å². The fourth-order valence-corrected chi connectivity index (χ4v) is 4.61. The molecule has 2 heterocycles. The lowest BCUT2D eigenvalue weighted by atomic mass is 9.96. The Balaban J connectivity index is 1.83. The average molecular weight is 394 g/mol. The number of piperidine rings is 1. The lowest BCUT2D eigenvalue weighted by Gasteiger charge is -2.36. The van der Waals surface area contributed by atoms with Gasteiger partial charge in [0.2, 0.25) is 5.43 Å². The van der Waals surface area contributed by atoms with Crippen LogP contribution in [0.3, 0.4) is 0 Å². The number of para-hydroxylation sites is 1. The number of fused-ring (bicyclic) bond motifs is 1. The fraction of sp³-hybridized carbons (Fsp3) is 0.375. The maximum Gasteiger partial charge on any atom is 0.200 e. The van der Waals surface area contributed by atoms with Crippen molar-refractivity contribution in [1.82, 2.24) is 0 Å². The van der Waals surface area contributed by atoms with Gasteiger partial charge in [-0.25, -0.2) is 0 Å². The van der Waals surface area contributed by atoms with Gasteiger partial charge in [0.25, 0.3) is 0 Å². The first-order valence-corrected chi connectivity index (χ1v) is 10.3. The van der Waals surface area contributed by atoms with Crippen molar-refractivity contribution >= 4 is 11.0 Å². The first-order chi connectivity index (χ1) is 14.0. The number of rotatable bonds is 4. The number of ether oxygens (including phenoxy) is 1. The third kappa shape index (κ3) is 3.51. The molecule has 0 amide bonds. The number of methoxy groups -OCH3 is 1. The molecule has 0 aliphatic carbocycles. The summed E-state index contributed by atoms with van der Waals surface area (Å²) in [6.45, 7) is 5.15. The smallest absolute Gasteiger partial charge is 0.200 e. The summed E-state index contributed by atoms with van der Waals surface area (Å²) < 4.78 is 11.4. The molecule has 1 aliphatic rings. The molecule has 152 valence electrons. The summed E-state index contributed by atoms with van der Waals surface area (Å²) in [6, 6.07) is 11.7. The molecule has 4 rings (SSSR count). The van der Waals surface area contributed by atoms with E-state index < -0.39 is 0 Å². The van der Waals surface area contributed by atoms with Gasteiger partial charge in [-0.2, -0.15) is 0 Å². The zero-order valence-electron chi connectivity index (χ0n) is 17.2. The lowest BCUT2D eigenvalue weighted by molar-refractivity contribution is -0.964. The number of nitrogens with one attached hydrogen (secondary N) is 1. The standard InChI is InChI=1S/C24H27NO4/c1-15-7-6-8-16(2)25(15)13-19-21(26)12-11-18-23(27)20(14-29-24(18)19)17-9-4-5-10-22(17)28-3/h4-5,9-12,14-16,26H,6-8,13H2,1-3H3/p+1/t15-,16-/m0/s1. The zero-order chi connectivity index (χ0) is 20.5. The molecule has 0 saturated carbocycles. The fourth-order valence-electron chi connectivity index (χ4n) is 4.61. The Bertz CT molecular complexity index is 1080. The molecule has 5 heteroatoms. The van der Waals surface area contributed by atoms with Crippen LogP contribution in [0, 0.1) is 0 Å². The van der Waals surface area contributed by atoms with Gasteiger partial charge in [0, 0.05) is 5.56 Å². The summed E-state index contributed by atoms with van der Waals surface area (Å²) in [5.41, 5.74) is 2.22. The largest absolute Gasteiger partial charge is 0.507 e. The number of hydrogen-bond acceptors (Lipinski definition) is 4. The zero-order valence-corrected chi connectivity index (χ0v) is 17.2. The van der Waals surface area contributed by atoms with Crippen LogP contribution < -0.4 is 15.1 Å². The summed E-state index contributed by atoms with van der Waals surface area (Å²) >= 11 is 0. The molecule has 29 heavy (non-hydrogen) atoms. The topological polar surface area (TPSA) is 64.1 Å². The second-order valence-corrected chi connectivity index (χ2v) is 8.10. The van der Waals surface area contributed by atoms with Gasteiger partial charge in [-0.05, 0) is 51.3 Å². The SMILES string of the molecule is COc1ccccc1-c1coc2c(C[NH+]3[C@@H](C)CCC[C@@H]3C)c(O)ccc2c1=O. The van der Waals surface area contributed by atoms with Gasteiger partial charge >= 0.3 is 0 Å². The van der Waals surface area contributed by atoms with E-state index in [4.69, 9.17) is 9.15 Å². The number of hydrogen-bond donors (Lipinski definition) is 2. The monoisotopic (exact) mass is 394 g/mol. The molecule has 0 bridgehead atoms. The molecular formula is C24H28NO4+. The molecule has 1 aliphatic heterocycles. The Labute approximate surface area is 170 Å². The summed E-state index contributed by atoms with van der Waals surface area (Å²) in [4.78, 5) is 14.7. The van der Waals surface area contributed by atoms with Crippen LogP contribution in [0.1, 0.15) is 38.7 Å². The normalized spacial score (nSPS) is 20.1. The second kappa shape index (κ2) is 7.91. The lowest BCUT2D eigenvalue weighted by Crippen LogP contribution is -3.18. The quantitative estimate of drug-likeness (QED) is 0.711. The number of benzene rings is 2. The highest BCUT2D eigenvalue weighted by atomic mass is 16.5. The minimum atomic E-state index is -0.119. The highest BCUT2D eigenvalue weighted by Crippen LogP contribution is 2.31. The Kier molecular flexibility index (Phi) is 5.33. The third-order valence-corrected chi connectivity index (χ3v) is 6.34. The third-order valence-electron chi connectivity index (χ3n) is 6.34. The molecule has 2 atom stereocenters. The van der Waals surface area contributed by atoms with E-state index in [0.717, 1.165) is 0 Å². The van der Waals surface area contributed by atoms with Crippen LogP contribution in [-0.4, -0.2) is 24.3 Å². The second-order valence-electron chi connectivity index (χ2n) is 8.10. The number of quaternary nitrogens is 1. The molecule has 5 nitrogen and oxygen atoms in total. The van der Waals surface area contributed by atoms with Crippen LogP contribution in [-0.2, 0) is 6.54 Å². The van der Waals surface area contributed by atoms with Crippen molar-refractivity contribution in [3.63, 3.8) is 0 Å². The van der Waals surface area contributed by atoms with Gasteiger partial charge in [-0.15, -0.1) is 0 Å². The van der Waals surface area contributed by atoms with E-state index in [9.17, 15) is 9.90 Å². The van der Waals surface area contributed by atoms with E-state index in [1.54, 1.807) is 19.2 Å². The van der Waals surface area contributed by atoms with Crippen LogP contribution in [0.4, 0.5) is 0 Å². The van der Waals surface area contributed by atoms with Crippen molar-refractivity contribution < 1.29 is 19.2 Å². The molecule has 0 radical (unpaired) electrons. The van der Waals surface area contributed by atoms with Gasteiger partial charge in [-0.1, -0.05) is 18.2 Å². The number of likely N-dealkylation sites (tertiary alicyclic amines) is 1. The van der Waals surface area contributed by atoms with Crippen molar-refractivity contribution in [2.45, 2.75) is 51.7 Å². The van der Waals surface area contributed by atoms with Crippen molar-refractivity contribution in [2.24, 2.45) is 0 Å². The maximum atomic E-state index is 13.3. The van der Waals surface area contributed by atoms with Crippen molar-refractivity contribution in [3.8, 4) is 22.6 Å². The predicted molar refractivity (Wildman–Crippen MR) is 114 cm³/mol. The summed E-state index contributed by atoms with van der Waals surface area (Å²) in [6.07, 6.45) is 5.08. The van der Waals surface area contributed by atoms with Crippen molar-refractivity contribution in [2.75, 3.05) is 7.11 Å². The van der Waals surface area contributed by atoms with E-state index in [1.165, 1.54) is 30.4 Å². The molecular weight excluding hydrogens is 366 g/mol. The predicted octanol–water partition coefficient (Wildman–Crippen LogP) is 3.52. The minimum absolute atomic E-state index is 0.119. The van der Waals surface area contributed by atoms with Crippen molar-refractivity contribution in [1.29, 1.82) is 0 Å². The van der Waals surface area contributed by atoms with Crippen LogP contribution in [0.5, 0.6) is 11.5 Å². The van der Waals surface area contributed by atoms with Crippen molar-refractivity contribution in [3.05, 3.63) is 58.4 Å². The molecule has 1 fully saturated rings. The summed E-state index contributed by atoms with van der Waals surface area (Å²) in [5.74, 6) is 0.807. The van der Waals surface area contributed by atoms with Gasteiger partial charge in [-0.3, -0.25) is 4.79 Å². The van der Waals surface area contributed by atoms with E-state index in [2.05, 4.69) is 13.8 Å². The first-order valence-electron chi connectivity index (χ1n) is 10.3. The Morgan fingerprint density at radius 1 is 1.10 bits per heavy atom. The molecule has 1 aromatic heterocycles. The van der Waals surface area contributed by atoms with E-state index in [0.29, 0.717) is 52.0 Å². The molecule has 1 saturated heterocycles. The van der Waals surface area contributed by atoms with Gasteiger partial charge in [0.1, 0.15) is 29.9 Å². The number of phenolic OH excluding ortho intramolecular Hbond substituents is 1. The highest BCUT2D eigenvalue weighted by Gasteiger charge is 2.30. The van der Waals surface area contributed by atoms with Gasteiger partial charge in [0.15, 0.2) is 0 Å². The number of aromatic hydroxyl groups is 1. The summed E-state index contributed by atoms with van der Waals surface area (Å²) in [7, 11) is 1.58. The summed E-state index contributed by atoms with van der Waals surface area (Å²) in [5, 5.41) is 11.1. The molecule has 0 unspecified atom stereocenters. The molecule has 2 N–H and O–H groups in total. The first kappa shape index (κ1) is 19.5. The Hall–Kier alpha value is -2.79. The molecule has 2 aromatic carbocycles. The minimum Gasteiger partial charge on any atom is -0.507 e. The van der Waals surface area contributed by atoms with E-state index in [-0.39, 0.29) is 11.2 Å². The number of phenols is 1. The van der Waals surface area contributed by atoms with E-state index >= 15 is 0 Å². The Morgan fingerprint density at radius 3 is 2.55 bits per heavy atom. The maximum absolute atomic E-state index is 13.3. The molecule has 3 aromatic rings. The van der Waals surface area contributed by atoms with Gasteiger partial charge in [0.05, 0.1) is 35.7 Å². The highest BCUT2D eigenvalue weighted by molar-refractivity contribution is 5.86. The van der Waals surface area contributed by atoms with Crippen LogP contribution >= 0.6 is 0 Å². The van der Waals surface area contributed by atoms with Crippen LogP contribution in [0.2, 0.25) is 0 Å². The van der Waals surface area contributed by atoms with Crippen LogP contribution in [0.15, 0.2) is 51.9 Å². The molecule has 0 spiro atoms.